The zero-order chi connectivity index (χ0) is 8.85. The van der Waals surface area contributed by atoms with E-state index in [0.29, 0.717) is 0 Å². The van der Waals surface area contributed by atoms with Gasteiger partial charge in [-0.15, -0.1) is 0 Å². The standard InChI is InChI=1S/C5H10O4.C2H6/c6-1-4-5(8)3(7)2-9-4;1-2/h3-8H,1-2H2;1-2H3. The molecule has 0 aliphatic carbocycles. The van der Waals surface area contributed by atoms with Crippen LogP contribution in [0, 0.1) is 0 Å². The molecule has 0 bridgehead atoms. The summed E-state index contributed by atoms with van der Waals surface area (Å²) in [7, 11) is 0. The SMILES string of the molecule is CC.OCC1OCC(O)C1O. The molecule has 1 aliphatic heterocycles. The molecule has 0 aromatic carbocycles. The van der Waals surface area contributed by atoms with Crippen molar-refractivity contribution in [1.29, 1.82) is 0 Å². The number of aliphatic hydroxyl groups is 3. The highest BCUT2D eigenvalue weighted by atomic mass is 16.5. The molecule has 0 aromatic heterocycles. The Morgan fingerprint density at radius 2 is 1.91 bits per heavy atom. The molecule has 1 aliphatic rings. The Morgan fingerprint density at radius 3 is 2.09 bits per heavy atom. The number of aliphatic hydroxyl groups excluding tert-OH is 3. The van der Waals surface area contributed by atoms with Gasteiger partial charge in [0.2, 0.25) is 0 Å². The molecule has 68 valence electrons. The lowest BCUT2D eigenvalue weighted by molar-refractivity contribution is -0.00588. The third-order valence-electron chi connectivity index (χ3n) is 1.44. The third-order valence-corrected chi connectivity index (χ3v) is 1.44. The fourth-order valence-electron chi connectivity index (χ4n) is 0.828. The van der Waals surface area contributed by atoms with Crippen LogP contribution in [0.5, 0.6) is 0 Å². The molecular weight excluding hydrogens is 148 g/mol. The van der Waals surface area contributed by atoms with Gasteiger partial charge in [-0.1, -0.05) is 13.8 Å². The van der Waals surface area contributed by atoms with Crippen LogP contribution in [0.4, 0.5) is 0 Å². The van der Waals surface area contributed by atoms with Crippen molar-refractivity contribution in [1.82, 2.24) is 0 Å². The molecule has 0 spiro atoms. The second-order valence-corrected chi connectivity index (χ2v) is 2.11. The molecule has 1 heterocycles. The maximum atomic E-state index is 8.92. The minimum absolute atomic E-state index is 0.117. The van der Waals surface area contributed by atoms with Crippen molar-refractivity contribution in [3.63, 3.8) is 0 Å². The molecule has 3 N–H and O–H groups in total. The van der Waals surface area contributed by atoms with E-state index in [4.69, 9.17) is 20.1 Å². The smallest absolute Gasteiger partial charge is 0.110 e. The second kappa shape index (κ2) is 5.49. The van der Waals surface area contributed by atoms with Gasteiger partial charge in [-0.2, -0.15) is 0 Å². The largest absolute Gasteiger partial charge is 0.394 e. The summed E-state index contributed by atoms with van der Waals surface area (Å²) in [6, 6.07) is 0. The molecule has 3 atom stereocenters. The van der Waals surface area contributed by atoms with Crippen molar-refractivity contribution < 1.29 is 20.1 Å². The van der Waals surface area contributed by atoms with Crippen LogP contribution in [0.1, 0.15) is 13.8 Å². The van der Waals surface area contributed by atoms with Crippen LogP contribution in [0.2, 0.25) is 0 Å². The van der Waals surface area contributed by atoms with E-state index in [2.05, 4.69) is 0 Å². The lowest BCUT2D eigenvalue weighted by atomic mass is 10.2. The minimum atomic E-state index is -0.921. The van der Waals surface area contributed by atoms with Crippen LogP contribution in [-0.2, 0) is 4.74 Å². The van der Waals surface area contributed by atoms with Crippen molar-refractivity contribution in [3.05, 3.63) is 0 Å². The van der Waals surface area contributed by atoms with Crippen molar-refractivity contribution in [2.45, 2.75) is 32.2 Å². The summed E-state index contributed by atoms with van der Waals surface area (Å²) < 4.78 is 4.78. The molecule has 1 rings (SSSR count). The van der Waals surface area contributed by atoms with Gasteiger partial charge in [-0.3, -0.25) is 0 Å². The summed E-state index contributed by atoms with van der Waals surface area (Å²) in [5.41, 5.74) is 0. The van der Waals surface area contributed by atoms with Crippen molar-refractivity contribution in [3.8, 4) is 0 Å². The van der Waals surface area contributed by atoms with Gasteiger partial charge < -0.3 is 20.1 Å². The molecule has 1 fully saturated rings. The second-order valence-electron chi connectivity index (χ2n) is 2.11. The number of hydrogen-bond acceptors (Lipinski definition) is 4. The van der Waals surface area contributed by atoms with E-state index in [1.54, 1.807) is 0 Å². The lowest BCUT2D eigenvalue weighted by Crippen LogP contribution is -2.31. The highest BCUT2D eigenvalue weighted by molar-refractivity contribution is 4.81. The Morgan fingerprint density at radius 1 is 1.36 bits per heavy atom. The summed E-state index contributed by atoms with van der Waals surface area (Å²) in [5.74, 6) is 0. The molecule has 0 aromatic rings. The zero-order valence-corrected chi connectivity index (χ0v) is 6.90. The molecule has 0 amide bonds. The van der Waals surface area contributed by atoms with Crippen LogP contribution in [0.3, 0.4) is 0 Å². The molecule has 0 radical (unpaired) electrons. The lowest BCUT2D eigenvalue weighted by Gasteiger charge is -2.10. The number of rotatable bonds is 1. The number of ether oxygens (including phenoxy) is 1. The molecule has 0 saturated carbocycles. The predicted octanol–water partition coefficient (Wildman–Crippen LogP) is -0.875. The quantitative estimate of drug-likeness (QED) is 0.471. The fourth-order valence-corrected chi connectivity index (χ4v) is 0.828. The summed E-state index contributed by atoms with van der Waals surface area (Å²) in [4.78, 5) is 0. The molecule has 3 unspecified atom stereocenters. The monoisotopic (exact) mass is 164 g/mol. The van der Waals surface area contributed by atoms with Crippen LogP contribution in [-0.4, -0.2) is 46.8 Å². The van der Waals surface area contributed by atoms with E-state index in [9.17, 15) is 0 Å². The van der Waals surface area contributed by atoms with Crippen molar-refractivity contribution >= 4 is 0 Å². The zero-order valence-electron chi connectivity index (χ0n) is 6.90. The van der Waals surface area contributed by atoms with Crippen LogP contribution >= 0.6 is 0 Å². The van der Waals surface area contributed by atoms with Gasteiger partial charge in [0.1, 0.15) is 18.3 Å². The first kappa shape index (κ1) is 10.8. The van der Waals surface area contributed by atoms with Gasteiger partial charge in [0, 0.05) is 0 Å². The van der Waals surface area contributed by atoms with E-state index >= 15 is 0 Å². The average Bonchev–Trinajstić information content (AvgIpc) is 2.37. The summed E-state index contributed by atoms with van der Waals surface area (Å²) in [6.07, 6.45) is -2.35. The van der Waals surface area contributed by atoms with Crippen molar-refractivity contribution in [2.24, 2.45) is 0 Å². The fraction of sp³-hybridized carbons (Fsp3) is 1.00. The average molecular weight is 164 g/mol. The molecular formula is C7H16O4. The highest BCUT2D eigenvalue weighted by Crippen LogP contribution is 2.12. The highest BCUT2D eigenvalue weighted by Gasteiger charge is 2.33. The van der Waals surface area contributed by atoms with Gasteiger partial charge in [0.15, 0.2) is 0 Å². The van der Waals surface area contributed by atoms with E-state index in [-0.39, 0.29) is 13.2 Å². The molecule has 11 heavy (non-hydrogen) atoms. The first-order valence-electron chi connectivity index (χ1n) is 3.84. The first-order valence-corrected chi connectivity index (χ1v) is 3.84. The number of hydrogen-bond donors (Lipinski definition) is 3. The molecule has 1 saturated heterocycles. The van der Waals surface area contributed by atoms with Gasteiger partial charge in [-0.05, 0) is 0 Å². The summed E-state index contributed by atoms with van der Waals surface area (Å²) >= 11 is 0. The Bertz CT molecular complexity index is 96.4. The third kappa shape index (κ3) is 2.75. The van der Waals surface area contributed by atoms with Crippen LogP contribution in [0.25, 0.3) is 0 Å². The van der Waals surface area contributed by atoms with Gasteiger partial charge in [-0.25, -0.2) is 0 Å². The van der Waals surface area contributed by atoms with E-state index in [0.717, 1.165) is 0 Å². The first-order chi connectivity index (χ1) is 5.25. The molecule has 4 nitrogen and oxygen atoms in total. The van der Waals surface area contributed by atoms with E-state index in [1.165, 1.54) is 0 Å². The molecule has 4 heteroatoms. The Hall–Kier alpha value is -0.160. The van der Waals surface area contributed by atoms with Gasteiger partial charge >= 0.3 is 0 Å². The predicted molar refractivity (Wildman–Crippen MR) is 40.2 cm³/mol. The Labute approximate surface area is 66.4 Å². The minimum Gasteiger partial charge on any atom is -0.394 e. The normalized spacial score (nSPS) is 36.3. The van der Waals surface area contributed by atoms with E-state index in [1.807, 2.05) is 13.8 Å². The summed E-state index contributed by atoms with van der Waals surface area (Å²) in [6.45, 7) is 3.88. The Balaban J connectivity index is 0.000000461. The van der Waals surface area contributed by atoms with Crippen LogP contribution in [0.15, 0.2) is 0 Å². The van der Waals surface area contributed by atoms with Crippen LogP contribution < -0.4 is 0 Å². The van der Waals surface area contributed by atoms with Gasteiger partial charge in [0.25, 0.3) is 0 Å². The Kier molecular flexibility index (Phi) is 5.41. The van der Waals surface area contributed by atoms with Crippen molar-refractivity contribution in [2.75, 3.05) is 13.2 Å². The van der Waals surface area contributed by atoms with E-state index < -0.39 is 18.3 Å². The van der Waals surface area contributed by atoms with Gasteiger partial charge in [0.05, 0.1) is 13.2 Å². The maximum absolute atomic E-state index is 8.92. The summed E-state index contributed by atoms with van der Waals surface area (Å²) in [5, 5.41) is 26.2. The maximum Gasteiger partial charge on any atom is 0.110 e. The topological polar surface area (TPSA) is 69.9 Å².